The molecule has 0 bridgehead atoms. The second-order valence-corrected chi connectivity index (χ2v) is 8.99. The number of fused-ring (bicyclic) bond motifs is 1. The summed E-state index contributed by atoms with van der Waals surface area (Å²) < 4.78 is 5.54. The third kappa shape index (κ3) is 3.55. The first-order valence-corrected chi connectivity index (χ1v) is 11.1. The van der Waals surface area contributed by atoms with Crippen molar-refractivity contribution in [2.75, 3.05) is 20.2 Å². The van der Waals surface area contributed by atoms with E-state index in [1.807, 2.05) is 0 Å². The van der Waals surface area contributed by atoms with Gasteiger partial charge < -0.3 is 15.0 Å². The molecule has 0 atom stereocenters. The van der Waals surface area contributed by atoms with Crippen LogP contribution in [0.4, 0.5) is 0 Å². The van der Waals surface area contributed by atoms with E-state index in [0.29, 0.717) is 23.6 Å². The molecule has 1 aromatic carbocycles. The van der Waals surface area contributed by atoms with E-state index in [1.165, 1.54) is 64.7 Å². The van der Waals surface area contributed by atoms with Gasteiger partial charge in [0.25, 0.3) is 0 Å². The van der Waals surface area contributed by atoms with Crippen molar-refractivity contribution >= 4 is 10.9 Å². The van der Waals surface area contributed by atoms with Gasteiger partial charge in [-0.3, -0.25) is 0 Å². The zero-order valence-electron chi connectivity index (χ0n) is 17.7. The van der Waals surface area contributed by atoms with Gasteiger partial charge in [0.05, 0.1) is 12.8 Å². The van der Waals surface area contributed by atoms with Gasteiger partial charge in [0.1, 0.15) is 0 Å². The molecule has 4 heteroatoms. The summed E-state index contributed by atoms with van der Waals surface area (Å²) in [6.45, 7) is 6.84. The Morgan fingerprint density at radius 2 is 1.79 bits per heavy atom. The van der Waals surface area contributed by atoms with Gasteiger partial charge in [-0.2, -0.15) is 0 Å². The molecular weight excluding hydrogens is 358 g/mol. The van der Waals surface area contributed by atoms with Crippen molar-refractivity contribution in [1.82, 2.24) is 15.3 Å². The van der Waals surface area contributed by atoms with E-state index in [4.69, 9.17) is 9.72 Å². The number of rotatable bonds is 5. The second kappa shape index (κ2) is 7.49. The number of nitrogens with zero attached hydrogens (tertiary/aromatic N) is 1. The third-order valence-electron chi connectivity index (χ3n) is 6.57. The Labute approximate surface area is 173 Å². The van der Waals surface area contributed by atoms with Crippen molar-refractivity contribution in [2.45, 2.75) is 57.3 Å². The Bertz CT molecular complexity index is 1030. The van der Waals surface area contributed by atoms with Crippen molar-refractivity contribution in [3.8, 4) is 17.1 Å². The molecule has 1 saturated heterocycles. The van der Waals surface area contributed by atoms with Gasteiger partial charge >= 0.3 is 0 Å². The molecule has 3 heterocycles. The van der Waals surface area contributed by atoms with Crippen molar-refractivity contribution in [2.24, 2.45) is 0 Å². The first-order valence-electron chi connectivity index (χ1n) is 11.1. The minimum atomic E-state index is 0.436. The van der Waals surface area contributed by atoms with Crippen LogP contribution in [-0.2, 0) is 0 Å². The van der Waals surface area contributed by atoms with Crippen LogP contribution in [0.25, 0.3) is 22.2 Å². The predicted molar refractivity (Wildman–Crippen MR) is 119 cm³/mol. The summed E-state index contributed by atoms with van der Waals surface area (Å²) in [5.74, 6) is 2.42. The fourth-order valence-corrected chi connectivity index (χ4v) is 4.83. The molecule has 0 radical (unpaired) electrons. The lowest BCUT2D eigenvalue weighted by Crippen LogP contribution is -2.26. The van der Waals surface area contributed by atoms with Crippen LogP contribution in [0.1, 0.15) is 74.1 Å². The van der Waals surface area contributed by atoms with E-state index in [2.05, 4.69) is 54.5 Å². The standard InChI is InChI=1S/C25H31N3O/c1-15(2)24-20-12-18(16-8-10-26-11-9-16)6-7-21(20)28-25(24)19-13-22(17-4-5-17)27-23(14-19)29-3/h6-7,12-17,26,28H,4-5,8-11H2,1-3H3. The van der Waals surface area contributed by atoms with Gasteiger partial charge in [0.2, 0.25) is 5.88 Å². The SMILES string of the molecule is COc1cc(-c2[nH]c3ccc(C4CCNCC4)cc3c2C(C)C)cc(C2CC2)n1. The van der Waals surface area contributed by atoms with E-state index < -0.39 is 0 Å². The molecule has 4 nitrogen and oxygen atoms in total. The maximum absolute atomic E-state index is 5.54. The molecule has 0 spiro atoms. The average molecular weight is 390 g/mol. The Balaban J connectivity index is 1.64. The number of benzene rings is 1. The number of pyridine rings is 1. The quantitative estimate of drug-likeness (QED) is 0.588. The number of H-pyrrole nitrogens is 1. The molecule has 3 aromatic rings. The van der Waals surface area contributed by atoms with E-state index in [9.17, 15) is 0 Å². The highest BCUT2D eigenvalue weighted by Gasteiger charge is 2.27. The normalized spacial score (nSPS) is 17.9. The average Bonchev–Trinajstić information content (AvgIpc) is 3.53. The number of methoxy groups -OCH3 is 1. The largest absolute Gasteiger partial charge is 0.481 e. The maximum atomic E-state index is 5.54. The molecule has 1 aliphatic carbocycles. The van der Waals surface area contributed by atoms with E-state index >= 15 is 0 Å². The van der Waals surface area contributed by atoms with Gasteiger partial charge in [0, 0.05) is 34.1 Å². The number of aromatic amines is 1. The number of nitrogens with one attached hydrogen (secondary N) is 2. The fourth-order valence-electron chi connectivity index (χ4n) is 4.83. The number of hydrogen-bond donors (Lipinski definition) is 2. The second-order valence-electron chi connectivity index (χ2n) is 8.99. The first-order chi connectivity index (χ1) is 14.1. The molecule has 152 valence electrons. The highest BCUT2D eigenvalue weighted by Crippen LogP contribution is 2.43. The number of hydrogen-bond acceptors (Lipinski definition) is 3. The molecule has 1 aliphatic heterocycles. The molecular formula is C25H31N3O. The summed E-state index contributed by atoms with van der Waals surface area (Å²) in [4.78, 5) is 8.44. The molecule has 2 N–H and O–H groups in total. The molecule has 0 amide bonds. The molecule has 2 aromatic heterocycles. The van der Waals surface area contributed by atoms with Crippen molar-refractivity contribution in [1.29, 1.82) is 0 Å². The van der Waals surface area contributed by atoms with Crippen LogP contribution in [0.2, 0.25) is 0 Å². The summed E-state index contributed by atoms with van der Waals surface area (Å²) in [6, 6.07) is 11.4. The molecule has 1 saturated carbocycles. The smallest absolute Gasteiger partial charge is 0.213 e. The topological polar surface area (TPSA) is 49.9 Å². The van der Waals surface area contributed by atoms with Crippen molar-refractivity contribution in [3.05, 3.63) is 47.2 Å². The maximum Gasteiger partial charge on any atom is 0.213 e. The molecule has 0 unspecified atom stereocenters. The first kappa shape index (κ1) is 18.7. The number of ether oxygens (including phenoxy) is 1. The third-order valence-corrected chi connectivity index (χ3v) is 6.57. The molecule has 29 heavy (non-hydrogen) atoms. The van der Waals surface area contributed by atoms with Crippen LogP contribution < -0.4 is 10.1 Å². The lowest BCUT2D eigenvalue weighted by molar-refractivity contribution is 0.396. The summed E-state index contributed by atoms with van der Waals surface area (Å²) in [5.41, 5.74) is 7.71. The van der Waals surface area contributed by atoms with Crippen LogP contribution in [0.3, 0.4) is 0 Å². The van der Waals surface area contributed by atoms with Crippen LogP contribution in [-0.4, -0.2) is 30.2 Å². The summed E-state index contributed by atoms with van der Waals surface area (Å²) in [6.07, 6.45) is 4.93. The molecule has 2 fully saturated rings. The van der Waals surface area contributed by atoms with Crippen molar-refractivity contribution in [3.63, 3.8) is 0 Å². The van der Waals surface area contributed by atoms with Crippen LogP contribution >= 0.6 is 0 Å². The zero-order chi connectivity index (χ0) is 20.0. The van der Waals surface area contributed by atoms with Crippen LogP contribution in [0.5, 0.6) is 5.88 Å². The molecule has 2 aliphatic rings. The number of piperidine rings is 1. The summed E-state index contributed by atoms with van der Waals surface area (Å²) >= 11 is 0. The zero-order valence-corrected chi connectivity index (χ0v) is 17.7. The summed E-state index contributed by atoms with van der Waals surface area (Å²) in [7, 11) is 1.71. The fraction of sp³-hybridized carbons (Fsp3) is 0.480. The highest BCUT2D eigenvalue weighted by molar-refractivity contribution is 5.92. The predicted octanol–water partition coefficient (Wildman–Crippen LogP) is 5.71. The minimum absolute atomic E-state index is 0.436. The highest BCUT2D eigenvalue weighted by atomic mass is 16.5. The lowest BCUT2D eigenvalue weighted by Gasteiger charge is -2.23. The van der Waals surface area contributed by atoms with E-state index in [-0.39, 0.29) is 0 Å². The van der Waals surface area contributed by atoms with Gasteiger partial charge in [-0.05, 0) is 79.9 Å². The number of aromatic nitrogens is 2. The Morgan fingerprint density at radius 3 is 2.48 bits per heavy atom. The Hall–Kier alpha value is -2.33. The van der Waals surface area contributed by atoms with Crippen LogP contribution in [0.15, 0.2) is 30.3 Å². The monoisotopic (exact) mass is 389 g/mol. The van der Waals surface area contributed by atoms with Gasteiger partial charge in [-0.25, -0.2) is 4.98 Å². The van der Waals surface area contributed by atoms with E-state index in [0.717, 1.165) is 13.1 Å². The van der Waals surface area contributed by atoms with Gasteiger partial charge in [-0.1, -0.05) is 19.9 Å². The van der Waals surface area contributed by atoms with Gasteiger partial charge in [0.15, 0.2) is 0 Å². The Kier molecular flexibility index (Phi) is 4.83. The van der Waals surface area contributed by atoms with E-state index in [1.54, 1.807) is 7.11 Å². The molecule has 5 rings (SSSR count). The Morgan fingerprint density at radius 1 is 1.00 bits per heavy atom. The van der Waals surface area contributed by atoms with Crippen molar-refractivity contribution < 1.29 is 4.74 Å². The van der Waals surface area contributed by atoms with Crippen LogP contribution in [0, 0.1) is 0 Å². The van der Waals surface area contributed by atoms with Gasteiger partial charge in [-0.15, -0.1) is 0 Å². The minimum Gasteiger partial charge on any atom is -0.481 e. The lowest BCUT2D eigenvalue weighted by atomic mass is 9.88. The summed E-state index contributed by atoms with van der Waals surface area (Å²) in [5, 5.41) is 4.85.